The van der Waals surface area contributed by atoms with E-state index in [-0.39, 0.29) is 5.54 Å². The monoisotopic (exact) mass is 453 g/mol. The second-order valence-corrected chi connectivity index (χ2v) is 8.68. The van der Waals surface area contributed by atoms with E-state index < -0.39 is 0 Å². The van der Waals surface area contributed by atoms with E-state index in [9.17, 15) is 0 Å². The van der Waals surface area contributed by atoms with Gasteiger partial charge < -0.3 is 9.30 Å². The molecule has 0 radical (unpaired) electrons. The topological polar surface area (TPSA) is 30.3 Å². The maximum atomic E-state index is 5.71. The lowest BCUT2D eigenvalue weighted by Gasteiger charge is -2.45. The van der Waals surface area contributed by atoms with Crippen molar-refractivity contribution < 1.29 is 4.74 Å². The molecule has 0 atom stereocenters. The molecule has 0 fully saturated rings. The van der Waals surface area contributed by atoms with E-state index in [0.29, 0.717) is 6.61 Å². The Kier molecular flexibility index (Phi) is 8.16. The van der Waals surface area contributed by atoms with E-state index in [4.69, 9.17) is 4.74 Å². The van der Waals surface area contributed by atoms with Gasteiger partial charge in [-0.2, -0.15) is 0 Å². The van der Waals surface area contributed by atoms with Crippen molar-refractivity contribution in [1.82, 2.24) is 14.5 Å². The highest BCUT2D eigenvalue weighted by Crippen LogP contribution is 2.40. The van der Waals surface area contributed by atoms with Crippen molar-refractivity contribution in [2.75, 3.05) is 13.2 Å². The molecule has 0 unspecified atom stereocenters. The summed E-state index contributed by atoms with van der Waals surface area (Å²) < 4.78 is 7.89. The molecule has 0 spiro atoms. The summed E-state index contributed by atoms with van der Waals surface area (Å²) in [5, 5.41) is 0. The number of hydrogen-bond donors (Lipinski definition) is 0. The summed E-state index contributed by atoms with van der Waals surface area (Å²) in [5.74, 6) is 0.914. The highest BCUT2D eigenvalue weighted by molar-refractivity contribution is 5.42. The molecule has 3 aromatic carbocycles. The number of hydrogen-bond acceptors (Lipinski definition) is 3. The number of imidazole rings is 1. The van der Waals surface area contributed by atoms with Gasteiger partial charge in [-0.1, -0.05) is 86.1 Å². The molecule has 4 nitrogen and oxygen atoms in total. The molecular weight excluding hydrogens is 418 g/mol. The smallest absolute Gasteiger partial charge is 0.119 e. The van der Waals surface area contributed by atoms with Crippen molar-refractivity contribution in [1.29, 1.82) is 0 Å². The molecule has 0 amide bonds. The fourth-order valence-corrected chi connectivity index (χ4v) is 4.74. The van der Waals surface area contributed by atoms with Crippen LogP contribution in [0.2, 0.25) is 0 Å². The molecule has 34 heavy (non-hydrogen) atoms. The minimum Gasteiger partial charge on any atom is -0.494 e. The van der Waals surface area contributed by atoms with Crippen molar-refractivity contribution >= 4 is 0 Å². The van der Waals surface area contributed by atoms with Gasteiger partial charge in [0.25, 0.3) is 0 Å². The minimum atomic E-state index is -0.338. The van der Waals surface area contributed by atoms with Gasteiger partial charge in [-0.05, 0) is 48.6 Å². The highest BCUT2D eigenvalue weighted by atomic mass is 16.5. The van der Waals surface area contributed by atoms with Crippen LogP contribution in [0.1, 0.15) is 43.4 Å². The van der Waals surface area contributed by atoms with Crippen molar-refractivity contribution in [2.24, 2.45) is 0 Å². The molecule has 176 valence electrons. The van der Waals surface area contributed by atoms with Crippen LogP contribution in [0.15, 0.2) is 104 Å². The lowest BCUT2D eigenvalue weighted by Crippen LogP contribution is -2.49. The predicted molar refractivity (Wildman–Crippen MR) is 139 cm³/mol. The molecule has 0 bridgehead atoms. The first-order chi connectivity index (χ1) is 16.8. The Morgan fingerprint density at radius 2 is 1.50 bits per heavy atom. The van der Waals surface area contributed by atoms with Crippen LogP contribution in [0.3, 0.4) is 0 Å². The number of aromatic nitrogens is 2. The first-order valence-corrected chi connectivity index (χ1v) is 12.3. The molecule has 0 saturated heterocycles. The van der Waals surface area contributed by atoms with Crippen molar-refractivity contribution in [3.8, 4) is 5.75 Å². The zero-order valence-corrected chi connectivity index (χ0v) is 20.3. The Hall–Kier alpha value is -3.37. The zero-order chi connectivity index (χ0) is 23.6. The Morgan fingerprint density at radius 1 is 0.853 bits per heavy atom. The van der Waals surface area contributed by atoms with Crippen molar-refractivity contribution in [3.63, 3.8) is 0 Å². The summed E-state index contributed by atoms with van der Waals surface area (Å²) in [6.45, 7) is 6.70. The van der Waals surface area contributed by atoms with Gasteiger partial charge in [0.05, 0.1) is 25.1 Å². The van der Waals surface area contributed by atoms with Crippen LogP contribution in [0, 0.1) is 0 Å². The van der Waals surface area contributed by atoms with Crippen LogP contribution in [0.5, 0.6) is 5.75 Å². The molecule has 1 aromatic heterocycles. The van der Waals surface area contributed by atoms with Gasteiger partial charge in [0.2, 0.25) is 0 Å². The SMILES string of the molecule is CCCCN(Cn1ccnc1)C(Cc1ccc(OCC)cc1)(c1ccccc1)c1ccccc1. The highest BCUT2D eigenvalue weighted by Gasteiger charge is 2.40. The van der Waals surface area contributed by atoms with Gasteiger partial charge in [0, 0.05) is 18.9 Å². The van der Waals surface area contributed by atoms with Gasteiger partial charge in [-0.15, -0.1) is 0 Å². The van der Waals surface area contributed by atoms with E-state index in [0.717, 1.165) is 38.2 Å². The molecule has 4 aromatic rings. The van der Waals surface area contributed by atoms with E-state index >= 15 is 0 Å². The molecule has 4 heteroatoms. The maximum absolute atomic E-state index is 5.71. The third-order valence-electron chi connectivity index (χ3n) is 6.41. The zero-order valence-electron chi connectivity index (χ0n) is 20.3. The molecule has 1 heterocycles. The van der Waals surface area contributed by atoms with Crippen LogP contribution in [0.4, 0.5) is 0 Å². The Morgan fingerprint density at radius 3 is 2.03 bits per heavy atom. The first-order valence-electron chi connectivity index (χ1n) is 12.3. The largest absolute Gasteiger partial charge is 0.494 e. The van der Waals surface area contributed by atoms with E-state index in [2.05, 4.69) is 113 Å². The Balaban J connectivity index is 1.87. The standard InChI is InChI=1S/C30H35N3O/c1-3-5-21-33(25-32-22-20-31-24-32)30(27-12-8-6-9-13-27,28-14-10-7-11-15-28)23-26-16-18-29(19-17-26)34-4-2/h6-20,22,24H,3-5,21,23,25H2,1-2H3. The van der Waals surface area contributed by atoms with Crippen LogP contribution in [0.25, 0.3) is 0 Å². The summed E-state index contributed by atoms with van der Waals surface area (Å²) in [6.07, 6.45) is 8.94. The van der Waals surface area contributed by atoms with Crippen LogP contribution >= 0.6 is 0 Å². The van der Waals surface area contributed by atoms with Crippen LogP contribution in [-0.4, -0.2) is 27.6 Å². The van der Waals surface area contributed by atoms with Gasteiger partial charge in [0.15, 0.2) is 0 Å². The van der Waals surface area contributed by atoms with E-state index in [1.54, 1.807) is 0 Å². The third kappa shape index (κ3) is 5.40. The lowest BCUT2D eigenvalue weighted by molar-refractivity contribution is 0.0814. The van der Waals surface area contributed by atoms with Gasteiger partial charge >= 0.3 is 0 Å². The fourth-order valence-electron chi connectivity index (χ4n) is 4.74. The molecule has 0 saturated carbocycles. The average Bonchev–Trinajstić information content (AvgIpc) is 3.41. The number of benzene rings is 3. The molecule has 0 aliphatic heterocycles. The third-order valence-corrected chi connectivity index (χ3v) is 6.41. The summed E-state index contributed by atoms with van der Waals surface area (Å²) in [5.41, 5.74) is 3.54. The first kappa shape index (κ1) is 23.8. The van der Waals surface area contributed by atoms with E-state index in [1.807, 2.05) is 19.4 Å². The van der Waals surface area contributed by atoms with Gasteiger partial charge in [-0.25, -0.2) is 4.98 Å². The normalized spacial score (nSPS) is 11.6. The summed E-state index contributed by atoms with van der Waals surface area (Å²) in [7, 11) is 0. The molecular formula is C30H35N3O. The van der Waals surface area contributed by atoms with Crippen molar-refractivity contribution in [3.05, 3.63) is 120 Å². The summed E-state index contributed by atoms with van der Waals surface area (Å²) in [6, 6.07) is 30.5. The molecule has 0 aliphatic carbocycles. The van der Waals surface area contributed by atoms with Gasteiger partial charge in [-0.3, -0.25) is 4.90 Å². The molecule has 0 aliphatic rings. The number of nitrogens with zero attached hydrogens (tertiary/aromatic N) is 3. The van der Waals surface area contributed by atoms with Gasteiger partial charge in [0.1, 0.15) is 5.75 Å². The second-order valence-electron chi connectivity index (χ2n) is 8.68. The number of ether oxygens (including phenoxy) is 1. The number of unbranched alkanes of at least 4 members (excludes halogenated alkanes) is 1. The van der Waals surface area contributed by atoms with Crippen molar-refractivity contribution in [2.45, 2.75) is 45.3 Å². The minimum absolute atomic E-state index is 0.338. The fraction of sp³-hybridized carbons (Fsp3) is 0.300. The number of rotatable bonds is 12. The van der Waals surface area contributed by atoms with Crippen LogP contribution < -0.4 is 4.74 Å². The second kappa shape index (κ2) is 11.7. The molecule has 4 rings (SSSR count). The van der Waals surface area contributed by atoms with E-state index in [1.165, 1.54) is 16.7 Å². The molecule has 0 N–H and O–H groups in total. The summed E-state index contributed by atoms with van der Waals surface area (Å²) in [4.78, 5) is 6.94. The summed E-state index contributed by atoms with van der Waals surface area (Å²) >= 11 is 0. The van der Waals surface area contributed by atoms with Crippen LogP contribution in [-0.2, 0) is 18.6 Å². The Bertz CT molecular complexity index is 1050. The average molecular weight is 454 g/mol. The predicted octanol–water partition coefficient (Wildman–Crippen LogP) is 6.53. The quantitative estimate of drug-likeness (QED) is 0.244. The Labute approximate surface area is 203 Å². The maximum Gasteiger partial charge on any atom is 0.119 e. The lowest BCUT2D eigenvalue weighted by atomic mass is 9.76.